The normalized spacial score (nSPS) is 14.8. The number of thioether (sulfide) groups is 1. The molecule has 0 bridgehead atoms. The molecule has 0 aliphatic carbocycles. The van der Waals surface area contributed by atoms with Crippen molar-refractivity contribution in [3.8, 4) is 0 Å². The van der Waals surface area contributed by atoms with E-state index in [4.69, 9.17) is 9.72 Å². The zero-order valence-electron chi connectivity index (χ0n) is 17.3. The van der Waals surface area contributed by atoms with Crippen molar-refractivity contribution < 1.29 is 9.53 Å². The van der Waals surface area contributed by atoms with Crippen molar-refractivity contribution in [3.05, 3.63) is 54.1 Å². The number of nitrogens with zero attached hydrogens (tertiary/aromatic N) is 3. The molecule has 0 atom stereocenters. The highest BCUT2D eigenvalue weighted by Crippen LogP contribution is 2.32. The lowest BCUT2D eigenvalue weighted by Gasteiger charge is -2.29. The third kappa shape index (κ3) is 5.21. The lowest BCUT2D eigenvalue weighted by Crippen LogP contribution is -2.43. The van der Waals surface area contributed by atoms with Crippen LogP contribution in [-0.2, 0) is 16.0 Å². The minimum absolute atomic E-state index is 0.106. The quantitative estimate of drug-likeness (QED) is 0.487. The first-order valence-corrected chi connectivity index (χ1v) is 12.2. The number of carbonyl (C=O) groups is 1. The largest absolute Gasteiger partial charge is 0.379 e. The maximum absolute atomic E-state index is 13.2. The molecule has 1 amide bonds. The molecule has 7 heteroatoms. The summed E-state index contributed by atoms with van der Waals surface area (Å²) in [4.78, 5) is 23.5. The lowest BCUT2D eigenvalue weighted by molar-refractivity contribution is -0.116. The number of thiazole rings is 1. The Morgan fingerprint density at radius 3 is 2.73 bits per heavy atom. The van der Waals surface area contributed by atoms with E-state index >= 15 is 0 Å². The highest BCUT2D eigenvalue weighted by molar-refractivity contribution is 8.00. The van der Waals surface area contributed by atoms with Gasteiger partial charge in [-0.15, -0.1) is 11.8 Å². The Hall–Kier alpha value is -1.93. The molecule has 0 unspecified atom stereocenters. The Labute approximate surface area is 186 Å². The van der Waals surface area contributed by atoms with Gasteiger partial charge in [0.05, 0.1) is 29.2 Å². The molecule has 2 aromatic carbocycles. The van der Waals surface area contributed by atoms with E-state index < -0.39 is 0 Å². The summed E-state index contributed by atoms with van der Waals surface area (Å²) < 4.78 is 6.60. The summed E-state index contributed by atoms with van der Waals surface area (Å²) in [6.07, 6.45) is 0.937. The van der Waals surface area contributed by atoms with Gasteiger partial charge in [0.2, 0.25) is 5.91 Å². The second-order valence-corrected chi connectivity index (χ2v) is 9.27. The fraction of sp³-hybridized carbons (Fsp3) is 0.391. The van der Waals surface area contributed by atoms with Crippen LogP contribution in [0.4, 0.5) is 5.13 Å². The van der Waals surface area contributed by atoms with Crippen molar-refractivity contribution in [2.24, 2.45) is 0 Å². The number of morpholine rings is 1. The van der Waals surface area contributed by atoms with Gasteiger partial charge in [-0.2, -0.15) is 0 Å². The average molecular weight is 442 g/mol. The predicted octanol–water partition coefficient (Wildman–Crippen LogP) is 4.32. The smallest absolute Gasteiger partial charge is 0.239 e. The number of rotatable bonds is 8. The van der Waals surface area contributed by atoms with Crippen LogP contribution in [-0.4, -0.2) is 60.9 Å². The summed E-state index contributed by atoms with van der Waals surface area (Å²) in [7, 11) is 0. The Morgan fingerprint density at radius 2 is 1.97 bits per heavy atom. The van der Waals surface area contributed by atoms with E-state index in [1.165, 1.54) is 5.56 Å². The predicted molar refractivity (Wildman–Crippen MR) is 126 cm³/mol. The van der Waals surface area contributed by atoms with Crippen LogP contribution in [0.1, 0.15) is 12.5 Å². The van der Waals surface area contributed by atoms with E-state index in [-0.39, 0.29) is 5.91 Å². The fourth-order valence-corrected chi connectivity index (χ4v) is 5.38. The summed E-state index contributed by atoms with van der Waals surface area (Å²) in [5, 5.41) is 0.804. The Kier molecular flexibility index (Phi) is 7.38. The number of anilines is 1. The Morgan fingerprint density at radius 1 is 1.17 bits per heavy atom. The van der Waals surface area contributed by atoms with Crippen LogP contribution in [0.25, 0.3) is 10.2 Å². The molecule has 2 heterocycles. The van der Waals surface area contributed by atoms with E-state index in [1.807, 2.05) is 35.2 Å². The molecule has 1 aromatic heterocycles. The third-order valence-electron chi connectivity index (χ3n) is 5.25. The zero-order valence-corrected chi connectivity index (χ0v) is 18.9. The summed E-state index contributed by atoms with van der Waals surface area (Å²) >= 11 is 3.19. The molecule has 1 aliphatic heterocycles. The monoisotopic (exact) mass is 441 g/mol. The topological polar surface area (TPSA) is 45.7 Å². The van der Waals surface area contributed by atoms with Gasteiger partial charge in [-0.05, 0) is 30.2 Å². The average Bonchev–Trinajstić information content (AvgIpc) is 3.23. The number of aryl methyl sites for hydroxylation is 1. The van der Waals surface area contributed by atoms with Crippen LogP contribution in [0.5, 0.6) is 0 Å². The van der Waals surface area contributed by atoms with E-state index in [1.54, 1.807) is 23.1 Å². The molecule has 0 spiro atoms. The minimum Gasteiger partial charge on any atom is -0.379 e. The van der Waals surface area contributed by atoms with Crippen LogP contribution in [0.2, 0.25) is 0 Å². The number of fused-ring (bicyclic) bond motifs is 1. The van der Waals surface area contributed by atoms with E-state index in [2.05, 4.69) is 30.0 Å². The van der Waals surface area contributed by atoms with E-state index in [0.717, 1.165) is 59.5 Å². The zero-order chi connectivity index (χ0) is 20.8. The fourth-order valence-electron chi connectivity index (χ4n) is 3.53. The van der Waals surface area contributed by atoms with Crippen molar-refractivity contribution in [1.29, 1.82) is 0 Å². The maximum atomic E-state index is 13.2. The number of benzene rings is 2. The molecule has 3 aromatic rings. The SMILES string of the molecule is CCc1cccc2sc(N(CCN3CCOCC3)C(=O)CSc3ccccc3)nc12. The number of amides is 1. The van der Waals surface area contributed by atoms with Gasteiger partial charge in [0.15, 0.2) is 5.13 Å². The number of hydrogen-bond donors (Lipinski definition) is 0. The summed E-state index contributed by atoms with van der Waals surface area (Å²) in [6.45, 7) is 6.99. The van der Waals surface area contributed by atoms with Crippen molar-refractivity contribution in [2.45, 2.75) is 18.2 Å². The summed E-state index contributed by atoms with van der Waals surface area (Å²) in [5.74, 6) is 0.512. The van der Waals surface area contributed by atoms with Gasteiger partial charge in [0.25, 0.3) is 0 Å². The lowest BCUT2D eigenvalue weighted by atomic mass is 10.1. The highest BCUT2D eigenvalue weighted by atomic mass is 32.2. The molecule has 0 N–H and O–H groups in total. The van der Waals surface area contributed by atoms with Crippen LogP contribution in [0.15, 0.2) is 53.4 Å². The van der Waals surface area contributed by atoms with Crippen LogP contribution >= 0.6 is 23.1 Å². The Bertz CT molecular complexity index is 971. The van der Waals surface area contributed by atoms with Gasteiger partial charge >= 0.3 is 0 Å². The van der Waals surface area contributed by atoms with Crippen LogP contribution in [0.3, 0.4) is 0 Å². The molecule has 158 valence electrons. The molecule has 1 fully saturated rings. The molecule has 0 radical (unpaired) electrons. The number of para-hydroxylation sites is 1. The molecule has 1 saturated heterocycles. The molecular weight excluding hydrogens is 414 g/mol. The molecule has 4 rings (SSSR count). The van der Waals surface area contributed by atoms with Crippen molar-refractivity contribution in [1.82, 2.24) is 9.88 Å². The van der Waals surface area contributed by atoms with Gasteiger partial charge in [0, 0.05) is 31.1 Å². The molecule has 5 nitrogen and oxygen atoms in total. The first-order valence-electron chi connectivity index (χ1n) is 10.4. The molecular formula is C23H27N3O2S2. The van der Waals surface area contributed by atoms with E-state index in [0.29, 0.717) is 12.3 Å². The number of carbonyl (C=O) groups excluding carboxylic acids is 1. The summed E-state index contributed by atoms with van der Waals surface area (Å²) in [6, 6.07) is 16.4. The number of ether oxygens (including phenoxy) is 1. The minimum atomic E-state index is 0.106. The van der Waals surface area contributed by atoms with Gasteiger partial charge in [-0.25, -0.2) is 4.98 Å². The van der Waals surface area contributed by atoms with Gasteiger partial charge in [0.1, 0.15) is 0 Å². The first-order chi connectivity index (χ1) is 14.7. The van der Waals surface area contributed by atoms with Crippen LogP contribution in [0, 0.1) is 0 Å². The van der Waals surface area contributed by atoms with Crippen LogP contribution < -0.4 is 4.90 Å². The van der Waals surface area contributed by atoms with E-state index in [9.17, 15) is 4.79 Å². The standard InChI is InChI=1S/C23H27N3O2S2/c1-2-18-7-6-10-20-22(18)24-23(30-20)26(12-11-25-13-15-28-16-14-25)21(27)17-29-19-8-4-3-5-9-19/h3-10H,2,11-17H2,1H3. The van der Waals surface area contributed by atoms with Crippen molar-refractivity contribution >= 4 is 44.4 Å². The van der Waals surface area contributed by atoms with Gasteiger partial charge in [-0.1, -0.05) is 48.6 Å². The maximum Gasteiger partial charge on any atom is 0.239 e. The molecule has 0 saturated carbocycles. The van der Waals surface area contributed by atoms with Crippen molar-refractivity contribution in [3.63, 3.8) is 0 Å². The first kappa shape index (κ1) is 21.3. The molecule has 30 heavy (non-hydrogen) atoms. The molecule has 1 aliphatic rings. The third-order valence-corrected chi connectivity index (χ3v) is 7.29. The second kappa shape index (κ2) is 10.4. The number of aromatic nitrogens is 1. The van der Waals surface area contributed by atoms with Gasteiger partial charge in [-0.3, -0.25) is 14.6 Å². The van der Waals surface area contributed by atoms with Gasteiger partial charge < -0.3 is 4.74 Å². The highest BCUT2D eigenvalue weighted by Gasteiger charge is 2.22. The second-order valence-electron chi connectivity index (χ2n) is 7.21. The number of hydrogen-bond acceptors (Lipinski definition) is 6. The summed E-state index contributed by atoms with van der Waals surface area (Å²) in [5.41, 5.74) is 2.26. The Balaban J connectivity index is 1.53. The van der Waals surface area contributed by atoms with Crippen molar-refractivity contribution in [2.75, 3.05) is 50.0 Å².